The molecule has 19 heavy (non-hydrogen) atoms. The second-order valence-corrected chi connectivity index (χ2v) is 7.23. The molecular weight excluding hydrogens is 266 g/mol. The molecule has 0 saturated carbocycles. The molecule has 0 radical (unpaired) electrons. The highest BCUT2D eigenvalue weighted by atomic mass is 32.2. The average molecular weight is 281 g/mol. The number of aliphatic carboxylic acids is 1. The lowest BCUT2D eigenvalue weighted by atomic mass is 9.93. The summed E-state index contributed by atoms with van der Waals surface area (Å²) in [5.74, 6) is -0.943. The molecule has 6 heteroatoms. The Hall–Kier alpha value is -1.40. The SMILES string of the molecule is O=C(O)C1CN(C2CCS(=O)(=O)c3ccccc32)C1. The van der Waals surface area contributed by atoms with Gasteiger partial charge in [0, 0.05) is 19.1 Å². The fourth-order valence-corrected chi connectivity index (χ4v) is 4.48. The smallest absolute Gasteiger partial charge is 0.309 e. The number of likely N-dealkylation sites (tertiary alicyclic amines) is 1. The van der Waals surface area contributed by atoms with E-state index < -0.39 is 15.8 Å². The minimum atomic E-state index is -3.17. The molecular formula is C13H15NO4S. The van der Waals surface area contributed by atoms with E-state index in [1.165, 1.54) is 0 Å². The van der Waals surface area contributed by atoms with Crippen LogP contribution in [0, 0.1) is 5.92 Å². The molecule has 2 aliphatic heterocycles. The first-order valence-electron chi connectivity index (χ1n) is 6.27. The standard InChI is InChI=1S/C13H15NO4S/c15-13(16)9-7-14(8-9)11-5-6-19(17,18)12-4-2-1-3-10(11)12/h1-4,9,11H,5-8H2,(H,15,16). The highest BCUT2D eigenvalue weighted by molar-refractivity contribution is 7.91. The van der Waals surface area contributed by atoms with E-state index >= 15 is 0 Å². The number of hydrogen-bond donors (Lipinski definition) is 1. The van der Waals surface area contributed by atoms with Gasteiger partial charge in [0.05, 0.1) is 16.6 Å². The van der Waals surface area contributed by atoms with Crippen LogP contribution in [-0.2, 0) is 14.6 Å². The van der Waals surface area contributed by atoms with E-state index in [9.17, 15) is 13.2 Å². The minimum absolute atomic E-state index is 0.0373. The highest BCUT2D eigenvalue weighted by Gasteiger charge is 2.41. The largest absolute Gasteiger partial charge is 0.481 e. The zero-order valence-electron chi connectivity index (χ0n) is 10.3. The summed E-state index contributed by atoms with van der Waals surface area (Å²) in [6.45, 7) is 1.02. The van der Waals surface area contributed by atoms with Crippen molar-refractivity contribution in [2.24, 2.45) is 5.92 Å². The van der Waals surface area contributed by atoms with E-state index in [1.807, 2.05) is 12.1 Å². The second kappa shape index (κ2) is 4.31. The Bertz CT molecular complexity index is 619. The number of carboxylic acids is 1. The normalized spacial score (nSPS) is 26.4. The third-order valence-corrected chi connectivity index (χ3v) is 5.79. The number of carboxylic acid groups (broad SMARTS) is 1. The fourth-order valence-electron chi connectivity index (χ4n) is 2.87. The first-order valence-corrected chi connectivity index (χ1v) is 7.93. The van der Waals surface area contributed by atoms with Crippen LogP contribution in [-0.4, -0.2) is 43.2 Å². The number of benzene rings is 1. The molecule has 0 aliphatic carbocycles. The van der Waals surface area contributed by atoms with E-state index in [0.717, 1.165) is 5.56 Å². The molecule has 0 aromatic heterocycles. The first-order chi connectivity index (χ1) is 8.99. The van der Waals surface area contributed by atoms with Gasteiger partial charge in [-0.15, -0.1) is 0 Å². The Labute approximate surface area is 111 Å². The molecule has 1 atom stereocenters. The van der Waals surface area contributed by atoms with Gasteiger partial charge in [-0.05, 0) is 18.1 Å². The molecule has 1 fully saturated rings. The Morgan fingerprint density at radius 2 is 1.95 bits per heavy atom. The van der Waals surface area contributed by atoms with E-state index in [2.05, 4.69) is 4.90 Å². The van der Waals surface area contributed by atoms with Crippen molar-refractivity contribution in [1.29, 1.82) is 0 Å². The van der Waals surface area contributed by atoms with Gasteiger partial charge in [0.1, 0.15) is 0 Å². The van der Waals surface area contributed by atoms with Crippen LogP contribution >= 0.6 is 0 Å². The number of nitrogens with zero attached hydrogens (tertiary/aromatic N) is 1. The molecule has 0 spiro atoms. The predicted octanol–water partition coefficient (Wildman–Crippen LogP) is 0.922. The molecule has 1 unspecified atom stereocenters. The molecule has 102 valence electrons. The third-order valence-electron chi connectivity index (χ3n) is 3.97. The summed E-state index contributed by atoms with van der Waals surface area (Å²) in [7, 11) is -3.17. The summed E-state index contributed by atoms with van der Waals surface area (Å²) >= 11 is 0. The zero-order valence-corrected chi connectivity index (χ0v) is 11.1. The van der Waals surface area contributed by atoms with E-state index in [4.69, 9.17) is 5.11 Å². The van der Waals surface area contributed by atoms with Crippen LogP contribution in [0.4, 0.5) is 0 Å². The van der Waals surface area contributed by atoms with Crippen molar-refractivity contribution < 1.29 is 18.3 Å². The molecule has 1 N–H and O–H groups in total. The number of rotatable bonds is 2. The monoisotopic (exact) mass is 281 g/mol. The Morgan fingerprint density at radius 1 is 1.26 bits per heavy atom. The van der Waals surface area contributed by atoms with Crippen molar-refractivity contribution in [2.75, 3.05) is 18.8 Å². The minimum Gasteiger partial charge on any atom is -0.481 e. The molecule has 3 rings (SSSR count). The number of sulfone groups is 1. The van der Waals surface area contributed by atoms with Crippen molar-refractivity contribution in [3.8, 4) is 0 Å². The van der Waals surface area contributed by atoms with Gasteiger partial charge in [-0.1, -0.05) is 18.2 Å². The molecule has 0 amide bonds. The van der Waals surface area contributed by atoms with Crippen molar-refractivity contribution in [3.63, 3.8) is 0 Å². The van der Waals surface area contributed by atoms with Crippen LogP contribution in [0.1, 0.15) is 18.0 Å². The molecule has 2 aliphatic rings. The maximum Gasteiger partial charge on any atom is 0.309 e. The number of carbonyl (C=O) groups is 1. The third kappa shape index (κ3) is 2.04. The van der Waals surface area contributed by atoms with Crippen LogP contribution < -0.4 is 0 Å². The van der Waals surface area contributed by atoms with Crippen molar-refractivity contribution in [3.05, 3.63) is 29.8 Å². The Kier molecular flexibility index (Phi) is 2.87. The van der Waals surface area contributed by atoms with E-state index in [0.29, 0.717) is 24.4 Å². The maximum absolute atomic E-state index is 12.0. The predicted molar refractivity (Wildman–Crippen MR) is 68.6 cm³/mol. The quantitative estimate of drug-likeness (QED) is 0.872. The van der Waals surface area contributed by atoms with Gasteiger partial charge in [-0.25, -0.2) is 8.42 Å². The van der Waals surface area contributed by atoms with Gasteiger partial charge in [0.2, 0.25) is 0 Å². The lowest BCUT2D eigenvalue weighted by Crippen LogP contribution is -2.52. The summed E-state index contributed by atoms with van der Waals surface area (Å²) in [4.78, 5) is 13.3. The van der Waals surface area contributed by atoms with Crippen LogP contribution in [0.25, 0.3) is 0 Å². The zero-order chi connectivity index (χ0) is 13.6. The van der Waals surface area contributed by atoms with E-state index in [-0.39, 0.29) is 17.7 Å². The van der Waals surface area contributed by atoms with Crippen LogP contribution in [0.2, 0.25) is 0 Å². The fraction of sp³-hybridized carbons (Fsp3) is 0.462. The topological polar surface area (TPSA) is 74.7 Å². The Balaban J connectivity index is 1.88. The lowest BCUT2D eigenvalue weighted by molar-refractivity contribution is -0.148. The van der Waals surface area contributed by atoms with Gasteiger partial charge >= 0.3 is 5.97 Å². The van der Waals surface area contributed by atoms with Gasteiger partial charge < -0.3 is 5.11 Å². The molecule has 1 aromatic carbocycles. The second-order valence-electron chi connectivity index (χ2n) is 5.15. The summed E-state index contributed by atoms with van der Waals surface area (Å²) in [5.41, 5.74) is 0.817. The molecule has 1 aromatic rings. The summed E-state index contributed by atoms with van der Waals surface area (Å²) in [5, 5.41) is 8.91. The number of hydrogen-bond acceptors (Lipinski definition) is 4. The van der Waals surface area contributed by atoms with Crippen molar-refractivity contribution >= 4 is 15.8 Å². The average Bonchev–Trinajstić information content (AvgIpc) is 2.30. The number of fused-ring (bicyclic) bond motifs is 1. The highest BCUT2D eigenvalue weighted by Crippen LogP contribution is 2.39. The van der Waals surface area contributed by atoms with Crippen molar-refractivity contribution in [2.45, 2.75) is 17.4 Å². The molecule has 0 bridgehead atoms. The lowest BCUT2D eigenvalue weighted by Gasteiger charge is -2.44. The van der Waals surface area contributed by atoms with Crippen molar-refractivity contribution in [1.82, 2.24) is 4.90 Å². The van der Waals surface area contributed by atoms with Gasteiger partial charge in [0.25, 0.3) is 0 Å². The van der Waals surface area contributed by atoms with Gasteiger partial charge in [-0.3, -0.25) is 9.69 Å². The van der Waals surface area contributed by atoms with Crippen LogP contribution in [0.15, 0.2) is 29.2 Å². The summed E-state index contributed by atoms with van der Waals surface area (Å²) in [6, 6.07) is 7.09. The molecule has 1 saturated heterocycles. The van der Waals surface area contributed by atoms with Gasteiger partial charge in [0.15, 0.2) is 9.84 Å². The Morgan fingerprint density at radius 3 is 2.63 bits per heavy atom. The summed E-state index contributed by atoms with van der Waals surface area (Å²) < 4.78 is 24.0. The van der Waals surface area contributed by atoms with Gasteiger partial charge in [-0.2, -0.15) is 0 Å². The van der Waals surface area contributed by atoms with Crippen LogP contribution in [0.3, 0.4) is 0 Å². The molecule has 2 heterocycles. The molecule has 5 nitrogen and oxygen atoms in total. The first kappa shape index (κ1) is 12.6. The maximum atomic E-state index is 12.0. The van der Waals surface area contributed by atoms with E-state index in [1.54, 1.807) is 12.1 Å². The van der Waals surface area contributed by atoms with Crippen LogP contribution in [0.5, 0.6) is 0 Å². The summed E-state index contributed by atoms with van der Waals surface area (Å²) in [6.07, 6.45) is 0.547.